The molecule has 2 nitrogen and oxygen atoms in total. The molecule has 0 saturated heterocycles. The lowest BCUT2D eigenvalue weighted by Gasteiger charge is -2.21. The number of carbonyl (C=O) groups is 1. The highest BCUT2D eigenvalue weighted by Gasteiger charge is 2.37. The van der Waals surface area contributed by atoms with Gasteiger partial charge in [0.1, 0.15) is 20.5 Å². The lowest BCUT2D eigenvalue weighted by Crippen LogP contribution is -2.31. The van der Waals surface area contributed by atoms with E-state index in [9.17, 15) is 4.79 Å². The summed E-state index contributed by atoms with van der Waals surface area (Å²) in [4.78, 5) is 15.5. The molecule has 0 radical (unpaired) electrons. The Hall–Kier alpha value is -0.690. The van der Waals surface area contributed by atoms with Gasteiger partial charge in [-0.15, -0.1) is 0 Å². The Morgan fingerprint density at radius 2 is 1.78 bits per heavy atom. The molecule has 120 valence electrons. The summed E-state index contributed by atoms with van der Waals surface area (Å²) < 4.78 is 2.75. The predicted molar refractivity (Wildman–Crippen MR) is 108 cm³/mol. The molecule has 1 amide bonds. The maximum atomic E-state index is 12.4. The van der Waals surface area contributed by atoms with E-state index in [1.54, 1.807) is 40.2 Å². The largest absolute Gasteiger partial charge is 0.311 e. The Labute approximate surface area is 153 Å². The second-order valence-corrected chi connectivity index (χ2v) is 10.4. The van der Waals surface area contributed by atoms with Crippen molar-refractivity contribution in [1.82, 2.24) is 0 Å². The van der Waals surface area contributed by atoms with Crippen LogP contribution in [0.1, 0.15) is 13.8 Å². The molecule has 0 aromatic heterocycles. The fraction of sp³-hybridized carbons (Fsp3) is 0.235. The molecule has 1 aromatic rings. The Morgan fingerprint density at radius 1 is 1.09 bits per heavy atom. The summed E-state index contributed by atoms with van der Waals surface area (Å²) in [6.45, 7) is 3.89. The fourth-order valence-corrected chi connectivity index (χ4v) is 8.35. The van der Waals surface area contributed by atoms with Crippen LogP contribution in [0.2, 0.25) is 0 Å². The number of nitrogens with zero attached hydrogens (tertiary/aromatic N) is 1. The fourth-order valence-electron chi connectivity index (χ4n) is 2.30. The summed E-state index contributed by atoms with van der Waals surface area (Å²) in [6, 6.07) is 8.27. The quantitative estimate of drug-likeness (QED) is 0.638. The Morgan fingerprint density at radius 3 is 2.48 bits per heavy atom. The van der Waals surface area contributed by atoms with Gasteiger partial charge in [-0.1, -0.05) is 49.5 Å². The van der Waals surface area contributed by atoms with Crippen LogP contribution in [0, 0.1) is 5.92 Å². The van der Waals surface area contributed by atoms with Crippen LogP contribution >= 0.6 is 35.3 Å². The zero-order valence-corrected chi connectivity index (χ0v) is 16.5. The van der Waals surface area contributed by atoms with Gasteiger partial charge < -0.3 is 4.90 Å². The molecule has 1 unspecified atom stereocenters. The Balaban J connectivity index is 1.99. The van der Waals surface area contributed by atoms with E-state index in [0.717, 1.165) is 5.69 Å². The molecule has 3 rings (SSSR count). The molecule has 2 heterocycles. The molecule has 6 heteroatoms. The summed E-state index contributed by atoms with van der Waals surface area (Å²) in [7, 11) is 1.79. The normalized spacial score (nSPS) is 19.9. The number of hydrogen-bond acceptors (Lipinski definition) is 4. The van der Waals surface area contributed by atoms with Crippen molar-refractivity contribution >= 4 is 57.8 Å². The molecular weight excluding hydrogens is 362 g/mol. The third kappa shape index (κ3) is 3.55. The van der Waals surface area contributed by atoms with Gasteiger partial charge in [-0.2, -0.15) is 0 Å². The van der Waals surface area contributed by atoms with E-state index in [2.05, 4.69) is 39.8 Å². The lowest BCUT2D eigenvalue weighted by atomic mass is 10.2. The molecule has 23 heavy (non-hydrogen) atoms. The van der Waals surface area contributed by atoms with E-state index in [1.165, 1.54) is 13.4 Å². The van der Waals surface area contributed by atoms with Crippen LogP contribution in [0.15, 0.2) is 59.3 Å². The third-order valence-electron chi connectivity index (χ3n) is 3.43. The minimum Gasteiger partial charge on any atom is -0.311 e. The Kier molecular flexibility index (Phi) is 5.57. The summed E-state index contributed by atoms with van der Waals surface area (Å²) in [6.07, 6.45) is 0. The summed E-state index contributed by atoms with van der Waals surface area (Å²) >= 11 is 5.39. The zero-order chi connectivity index (χ0) is 16.4. The van der Waals surface area contributed by atoms with Gasteiger partial charge in [0.15, 0.2) is 4.90 Å². The first kappa shape index (κ1) is 17.1. The van der Waals surface area contributed by atoms with E-state index in [1.807, 2.05) is 27.0 Å². The number of carbonyl (C=O) groups excluding carboxylic acids is 1. The van der Waals surface area contributed by atoms with Crippen molar-refractivity contribution in [2.45, 2.75) is 18.7 Å². The van der Waals surface area contributed by atoms with Crippen molar-refractivity contribution in [2.75, 3.05) is 11.9 Å². The molecular formula is C17H18NOS4+. The molecule has 0 spiro atoms. The van der Waals surface area contributed by atoms with Crippen LogP contribution < -0.4 is 4.90 Å². The van der Waals surface area contributed by atoms with Gasteiger partial charge in [0.2, 0.25) is 10.1 Å². The average molecular weight is 381 g/mol. The van der Waals surface area contributed by atoms with Gasteiger partial charge >= 0.3 is 0 Å². The topological polar surface area (TPSA) is 20.3 Å². The summed E-state index contributed by atoms with van der Waals surface area (Å²) in [5.74, 6) is 0.144. The Bertz CT molecular complexity index is 698. The summed E-state index contributed by atoms with van der Waals surface area (Å²) in [5.41, 5.74) is 1.01. The second-order valence-electron chi connectivity index (χ2n) is 5.33. The molecule has 0 N–H and O–H groups in total. The molecule has 1 aromatic carbocycles. The first-order valence-corrected chi connectivity index (χ1v) is 11.2. The van der Waals surface area contributed by atoms with Crippen molar-refractivity contribution in [3.05, 3.63) is 54.4 Å². The minimum absolute atomic E-state index is 0.00662. The monoisotopic (exact) mass is 380 g/mol. The van der Waals surface area contributed by atoms with Crippen LogP contribution in [0.5, 0.6) is 0 Å². The van der Waals surface area contributed by atoms with Gasteiger partial charge in [0.25, 0.3) is 0 Å². The molecule has 0 aliphatic carbocycles. The number of anilines is 1. The van der Waals surface area contributed by atoms with Crippen LogP contribution in [-0.4, -0.2) is 13.0 Å². The van der Waals surface area contributed by atoms with Crippen LogP contribution in [0.4, 0.5) is 5.69 Å². The van der Waals surface area contributed by atoms with Crippen LogP contribution in [0.25, 0.3) is 0 Å². The van der Waals surface area contributed by atoms with Crippen molar-refractivity contribution in [3.8, 4) is 0 Å². The van der Waals surface area contributed by atoms with E-state index in [-0.39, 0.29) is 22.7 Å². The molecule has 0 saturated carbocycles. The average Bonchev–Trinajstić information content (AvgIpc) is 3.23. The molecule has 1 atom stereocenters. The highest BCUT2D eigenvalue weighted by Crippen LogP contribution is 2.51. The predicted octanol–water partition coefficient (Wildman–Crippen LogP) is 5.58. The van der Waals surface area contributed by atoms with Crippen molar-refractivity contribution in [1.29, 1.82) is 0 Å². The molecule has 2 aliphatic heterocycles. The highest BCUT2D eigenvalue weighted by atomic mass is 32.2. The number of hydrogen-bond donors (Lipinski definition) is 0. The van der Waals surface area contributed by atoms with Gasteiger partial charge in [0, 0.05) is 18.4 Å². The van der Waals surface area contributed by atoms with Crippen LogP contribution in [0.3, 0.4) is 0 Å². The van der Waals surface area contributed by atoms with Gasteiger partial charge in [0.05, 0.1) is 5.69 Å². The second kappa shape index (κ2) is 7.47. The third-order valence-corrected chi connectivity index (χ3v) is 9.59. The number of amides is 1. The highest BCUT2D eigenvalue weighted by molar-refractivity contribution is 8.32. The maximum Gasteiger partial charge on any atom is 0.229 e. The molecule has 0 bridgehead atoms. The van der Waals surface area contributed by atoms with E-state index >= 15 is 0 Å². The van der Waals surface area contributed by atoms with Crippen LogP contribution in [-0.2, 0) is 15.7 Å². The standard InChI is InChI=1S/C17H18NOS4/c1-12(2)15(19)18(3)13-6-4-5-7-14(13)23-11-10-22-17(23)16-20-8-9-21-16/h4-12H,1-3H3/q+1. The van der Waals surface area contributed by atoms with E-state index < -0.39 is 0 Å². The van der Waals surface area contributed by atoms with Gasteiger partial charge in [-0.3, -0.25) is 4.79 Å². The SMILES string of the molecule is CC(C)C(=O)N(C)c1ccccc1[S+]1C=CSC1=C1SC=CS1. The number of rotatable bonds is 3. The van der Waals surface area contributed by atoms with Gasteiger partial charge in [-0.25, -0.2) is 0 Å². The first-order chi connectivity index (χ1) is 11.1. The number of thioether (sulfide) groups is 3. The summed E-state index contributed by atoms with van der Waals surface area (Å²) in [5, 5.41) is 8.70. The van der Waals surface area contributed by atoms with Crippen molar-refractivity contribution in [3.63, 3.8) is 0 Å². The molecule has 2 aliphatic rings. The number of benzene rings is 1. The van der Waals surface area contributed by atoms with E-state index in [0.29, 0.717) is 0 Å². The van der Waals surface area contributed by atoms with Crippen molar-refractivity contribution < 1.29 is 4.79 Å². The number of para-hydroxylation sites is 1. The maximum absolute atomic E-state index is 12.4. The van der Waals surface area contributed by atoms with E-state index in [4.69, 9.17) is 0 Å². The lowest BCUT2D eigenvalue weighted by molar-refractivity contribution is -0.121. The minimum atomic E-state index is -0.0937. The van der Waals surface area contributed by atoms with Gasteiger partial charge in [-0.05, 0) is 34.7 Å². The first-order valence-electron chi connectivity index (χ1n) is 7.25. The zero-order valence-electron chi connectivity index (χ0n) is 13.2. The smallest absolute Gasteiger partial charge is 0.229 e. The molecule has 0 fully saturated rings. The van der Waals surface area contributed by atoms with Crippen molar-refractivity contribution in [2.24, 2.45) is 5.92 Å².